The van der Waals surface area contributed by atoms with Crippen LogP contribution in [-0.2, 0) is 9.53 Å². The fourth-order valence-electron chi connectivity index (χ4n) is 2.55. The molecular weight excluding hydrogens is 376 g/mol. The average molecular weight is 395 g/mol. The molecule has 0 amide bonds. The Morgan fingerprint density at radius 2 is 1.89 bits per heavy atom. The molecule has 3 rings (SSSR count). The Bertz CT molecular complexity index is 992. The van der Waals surface area contributed by atoms with Crippen molar-refractivity contribution in [1.29, 1.82) is 0 Å². The number of carbonyl (C=O) groups is 1. The molecule has 0 aliphatic carbocycles. The third-order valence-corrected chi connectivity index (χ3v) is 4.01. The van der Waals surface area contributed by atoms with Crippen molar-refractivity contribution in [3.05, 3.63) is 84.0 Å². The van der Waals surface area contributed by atoms with E-state index in [0.29, 0.717) is 0 Å². The zero-order valence-electron chi connectivity index (χ0n) is 15.3. The molecule has 28 heavy (non-hydrogen) atoms. The molecule has 5 nitrogen and oxygen atoms in total. The molecule has 0 aliphatic rings. The molecule has 6 heteroatoms. The van der Waals surface area contributed by atoms with Crippen LogP contribution in [0.4, 0.5) is 0 Å². The van der Waals surface area contributed by atoms with E-state index in [-0.39, 0.29) is 11.6 Å². The maximum Gasteiger partial charge on any atom is 0.331 e. The van der Waals surface area contributed by atoms with Crippen LogP contribution < -0.4 is 4.74 Å². The third-order valence-electron chi connectivity index (χ3n) is 3.90. The number of nitrogens with zero attached hydrogens (tertiary/aromatic N) is 2. The first-order chi connectivity index (χ1) is 13.6. The van der Waals surface area contributed by atoms with Crippen molar-refractivity contribution < 1.29 is 14.3 Å². The van der Waals surface area contributed by atoms with Crippen LogP contribution in [0, 0.1) is 0 Å². The van der Waals surface area contributed by atoms with Gasteiger partial charge in [0.05, 0.1) is 18.5 Å². The minimum Gasteiger partial charge on any atom is -0.497 e. The van der Waals surface area contributed by atoms with Gasteiger partial charge in [0.2, 0.25) is 0 Å². The van der Waals surface area contributed by atoms with Gasteiger partial charge in [-0.05, 0) is 42.5 Å². The highest BCUT2D eigenvalue weighted by Gasteiger charge is 2.11. The van der Waals surface area contributed by atoms with Crippen molar-refractivity contribution in [2.75, 3.05) is 13.7 Å². The summed E-state index contributed by atoms with van der Waals surface area (Å²) in [6, 6.07) is 17.3. The summed E-state index contributed by atoms with van der Waals surface area (Å²) in [7, 11) is 1.62. The summed E-state index contributed by atoms with van der Waals surface area (Å²) >= 11 is 5.62. The predicted octanol–water partition coefficient (Wildman–Crippen LogP) is 4.86. The van der Waals surface area contributed by atoms with Crippen LogP contribution in [0.25, 0.3) is 23.0 Å². The van der Waals surface area contributed by atoms with E-state index < -0.39 is 5.97 Å². The number of ether oxygens (including phenoxy) is 2. The first-order valence-electron chi connectivity index (χ1n) is 8.54. The number of halogens is 1. The van der Waals surface area contributed by atoms with Crippen LogP contribution in [0.1, 0.15) is 5.56 Å². The van der Waals surface area contributed by atoms with Crippen LogP contribution in [0.5, 0.6) is 5.75 Å². The summed E-state index contributed by atoms with van der Waals surface area (Å²) in [6.07, 6.45) is 4.88. The van der Waals surface area contributed by atoms with Gasteiger partial charge in [0.25, 0.3) is 0 Å². The second-order valence-corrected chi connectivity index (χ2v) is 6.43. The van der Waals surface area contributed by atoms with Gasteiger partial charge in [0.1, 0.15) is 12.4 Å². The van der Waals surface area contributed by atoms with Gasteiger partial charge in [-0.2, -0.15) is 5.10 Å². The highest BCUT2D eigenvalue weighted by molar-refractivity contribution is 6.29. The third kappa shape index (κ3) is 4.90. The molecule has 0 bridgehead atoms. The van der Waals surface area contributed by atoms with Gasteiger partial charge in [-0.3, -0.25) is 0 Å². The Labute approximate surface area is 168 Å². The first-order valence-corrected chi connectivity index (χ1v) is 8.92. The van der Waals surface area contributed by atoms with Crippen LogP contribution >= 0.6 is 11.6 Å². The molecule has 0 unspecified atom stereocenters. The Kier molecular flexibility index (Phi) is 6.29. The van der Waals surface area contributed by atoms with Gasteiger partial charge in [-0.1, -0.05) is 36.4 Å². The van der Waals surface area contributed by atoms with Crippen molar-refractivity contribution in [2.24, 2.45) is 0 Å². The number of hydrogen-bond donors (Lipinski definition) is 0. The molecule has 142 valence electrons. The van der Waals surface area contributed by atoms with Crippen LogP contribution in [0.2, 0.25) is 0 Å². The summed E-state index contributed by atoms with van der Waals surface area (Å²) in [4.78, 5) is 11.9. The van der Waals surface area contributed by atoms with Crippen molar-refractivity contribution >= 4 is 23.6 Å². The second kappa shape index (κ2) is 9.06. The molecule has 0 radical (unpaired) electrons. The lowest BCUT2D eigenvalue weighted by Crippen LogP contribution is -2.01. The number of para-hydroxylation sites is 1. The normalized spacial score (nSPS) is 10.8. The molecule has 0 N–H and O–H groups in total. The smallest absolute Gasteiger partial charge is 0.331 e. The van der Waals surface area contributed by atoms with Crippen LogP contribution in [0.3, 0.4) is 0 Å². The lowest BCUT2D eigenvalue weighted by atomic mass is 10.1. The highest BCUT2D eigenvalue weighted by Crippen LogP contribution is 2.26. The van der Waals surface area contributed by atoms with E-state index in [9.17, 15) is 4.79 Å². The van der Waals surface area contributed by atoms with Gasteiger partial charge in [-0.25, -0.2) is 9.48 Å². The van der Waals surface area contributed by atoms with Crippen molar-refractivity contribution in [1.82, 2.24) is 9.78 Å². The molecule has 0 saturated heterocycles. The zero-order valence-corrected chi connectivity index (χ0v) is 16.1. The Balaban J connectivity index is 1.95. The fourth-order valence-corrected chi connectivity index (χ4v) is 2.61. The SMILES string of the molecule is C=C(Cl)COC(=O)/C=C/c1cn(-c2ccccc2)nc1-c1ccc(OC)cc1. The van der Waals surface area contributed by atoms with Gasteiger partial charge in [0.15, 0.2) is 0 Å². The van der Waals surface area contributed by atoms with Crippen molar-refractivity contribution in [3.8, 4) is 22.7 Å². The van der Waals surface area contributed by atoms with E-state index in [1.165, 1.54) is 6.08 Å². The monoisotopic (exact) mass is 394 g/mol. The summed E-state index contributed by atoms with van der Waals surface area (Å²) < 4.78 is 12.0. The van der Waals surface area contributed by atoms with Gasteiger partial charge in [-0.15, -0.1) is 0 Å². The topological polar surface area (TPSA) is 53.4 Å². The number of aromatic nitrogens is 2. The number of rotatable bonds is 7. The van der Waals surface area contributed by atoms with E-state index in [4.69, 9.17) is 26.2 Å². The van der Waals surface area contributed by atoms with Crippen molar-refractivity contribution in [3.63, 3.8) is 0 Å². The van der Waals surface area contributed by atoms with Gasteiger partial charge >= 0.3 is 5.97 Å². The lowest BCUT2D eigenvalue weighted by molar-refractivity contribution is -0.136. The molecule has 0 aliphatic heterocycles. The molecule has 1 aromatic heterocycles. The summed E-state index contributed by atoms with van der Waals surface area (Å²) in [5.41, 5.74) is 3.32. The molecule has 0 atom stereocenters. The first kappa shape index (κ1) is 19.5. The van der Waals surface area contributed by atoms with Crippen molar-refractivity contribution in [2.45, 2.75) is 0 Å². The Hall–Kier alpha value is -3.31. The predicted molar refractivity (Wildman–Crippen MR) is 111 cm³/mol. The van der Waals surface area contributed by atoms with E-state index in [1.807, 2.05) is 60.8 Å². The zero-order chi connectivity index (χ0) is 19.9. The summed E-state index contributed by atoms with van der Waals surface area (Å²) in [5, 5.41) is 4.96. The highest BCUT2D eigenvalue weighted by atomic mass is 35.5. The Morgan fingerprint density at radius 3 is 2.54 bits per heavy atom. The maximum atomic E-state index is 11.9. The number of esters is 1. The number of benzene rings is 2. The standard InChI is InChI=1S/C22H19ClN2O3/c1-16(23)15-28-21(26)13-10-18-14-25(19-6-4-3-5-7-19)24-22(18)17-8-11-20(27-2)12-9-17/h3-14H,1,15H2,2H3/b13-10+. The largest absolute Gasteiger partial charge is 0.497 e. The van der Waals surface area contributed by atoms with Gasteiger partial charge in [0, 0.05) is 28.4 Å². The number of methoxy groups -OCH3 is 1. The lowest BCUT2D eigenvalue weighted by Gasteiger charge is -2.03. The minimum absolute atomic E-state index is 0.0284. The van der Waals surface area contributed by atoms with E-state index >= 15 is 0 Å². The van der Waals surface area contributed by atoms with Crippen LogP contribution in [-0.4, -0.2) is 29.5 Å². The molecule has 3 aromatic rings. The molecule has 0 spiro atoms. The molecule has 2 aromatic carbocycles. The molecule has 0 fully saturated rings. The number of hydrogen-bond acceptors (Lipinski definition) is 4. The fraction of sp³-hybridized carbons (Fsp3) is 0.0909. The maximum absolute atomic E-state index is 11.9. The molecular formula is C22H19ClN2O3. The number of carbonyl (C=O) groups excluding carboxylic acids is 1. The Morgan fingerprint density at radius 1 is 1.18 bits per heavy atom. The summed E-state index contributed by atoms with van der Waals surface area (Å²) in [5.74, 6) is 0.253. The minimum atomic E-state index is -0.505. The van der Waals surface area contributed by atoms with Gasteiger partial charge < -0.3 is 9.47 Å². The molecule has 1 heterocycles. The quantitative estimate of drug-likeness (QED) is 0.424. The summed E-state index contributed by atoms with van der Waals surface area (Å²) in [6.45, 7) is 3.46. The van der Waals surface area contributed by atoms with Crippen LogP contribution in [0.15, 0.2) is 78.5 Å². The van der Waals surface area contributed by atoms with E-state index in [0.717, 1.165) is 28.3 Å². The van der Waals surface area contributed by atoms with E-state index in [2.05, 4.69) is 6.58 Å². The average Bonchev–Trinajstić information content (AvgIpc) is 3.15. The second-order valence-electron chi connectivity index (χ2n) is 5.90. The van der Waals surface area contributed by atoms with E-state index in [1.54, 1.807) is 17.9 Å². The molecule has 0 saturated carbocycles.